The van der Waals surface area contributed by atoms with Gasteiger partial charge in [-0.05, 0) is 38.9 Å². The molecule has 0 unspecified atom stereocenters. The Hall–Kier alpha value is -0.910. The molecule has 0 bridgehead atoms. The molecule has 2 amide bonds. The molecule has 0 saturated heterocycles. The SMILES string of the molecule is CCN(CCC(=O)O)C(=O)NC1CCC(SC)CC1. The summed E-state index contributed by atoms with van der Waals surface area (Å²) < 4.78 is 0. The minimum absolute atomic E-state index is 0.000472. The highest BCUT2D eigenvalue weighted by Crippen LogP contribution is 2.26. The normalized spacial score (nSPS) is 22.8. The number of nitrogens with zero attached hydrogens (tertiary/aromatic N) is 1. The Balaban J connectivity index is 2.34. The van der Waals surface area contributed by atoms with Crippen LogP contribution in [0.3, 0.4) is 0 Å². The zero-order valence-electron chi connectivity index (χ0n) is 11.7. The molecule has 1 fully saturated rings. The smallest absolute Gasteiger partial charge is 0.317 e. The molecule has 110 valence electrons. The van der Waals surface area contributed by atoms with Crippen LogP contribution in [-0.4, -0.2) is 52.6 Å². The maximum absolute atomic E-state index is 12.0. The lowest BCUT2D eigenvalue weighted by molar-refractivity contribution is -0.137. The van der Waals surface area contributed by atoms with E-state index in [9.17, 15) is 9.59 Å². The molecule has 0 atom stereocenters. The lowest BCUT2D eigenvalue weighted by Gasteiger charge is -2.30. The molecule has 0 heterocycles. The van der Waals surface area contributed by atoms with E-state index >= 15 is 0 Å². The topological polar surface area (TPSA) is 69.6 Å². The van der Waals surface area contributed by atoms with E-state index in [0.717, 1.165) is 30.9 Å². The average Bonchev–Trinajstić information content (AvgIpc) is 2.40. The number of carboxylic acid groups (broad SMARTS) is 1. The Morgan fingerprint density at radius 3 is 2.42 bits per heavy atom. The number of rotatable bonds is 6. The van der Waals surface area contributed by atoms with Gasteiger partial charge in [-0.3, -0.25) is 4.79 Å². The summed E-state index contributed by atoms with van der Waals surface area (Å²) >= 11 is 1.90. The standard InChI is InChI=1S/C13H24N2O3S/c1-3-15(9-8-12(16)17)13(18)14-10-4-6-11(19-2)7-5-10/h10-11H,3-9H2,1-2H3,(H,14,18)(H,16,17). The number of hydrogen-bond donors (Lipinski definition) is 2. The van der Waals surface area contributed by atoms with E-state index in [2.05, 4.69) is 11.6 Å². The molecule has 1 rings (SSSR count). The van der Waals surface area contributed by atoms with Gasteiger partial charge in [0.15, 0.2) is 0 Å². The van der Waals surface area contributed by atoms with Gasteiger partial charge >= 0.3 is 12.0 Å². The number of amides is 2. The maximum atomic E-state index is 12.0. The number of urea groups is 1. The summed E-state index contributed by atoms with van der Waals surface area (Å²) in [5, 5.41) is 12.4. The van der Waals surface area contributed by atoms with Crippen molar-refractivity contribution < 1.29 is 14.7 Å². The van der Waals surface area contributed by atoms with Crippen LogP contribution in [0.5, 0.6) is 0 Å². The van der Waals surface area contributed by atoms with Crippen molar-refractivity contribution in [1.82, 2.24) is 10.2 Å². The first-order chi connectivity index (χ1) is 9.06. The first-order valence-corrected chi connectivity index (χ1v) is 8.15. The van der Waals surface area contributed by atoms with Crippen molar-refractivity contribution in [3.63, 3.8) is 0 Å². The van der Waals surface area contributed by atoms with Gasteiger partial charge in [-0.25, -0.2) is 4.79 Å². The van der Waals surface area contributed by atoms with Crippen LogP contribution in [0.25, 0.3) is 0 Å². The fraction of sp³-hybridized carbons (Fsp3) is 0.846. The van der Waals surface area contributed by atoms with Crippen LogP contribution in [0, 0.1) is 0 Å². The van der Waals surface area contributed by atoms with Crippen molar-refractivity contribution in [2.24, 2.45) is 0 Å². The van der Waals surface area contributed by atoms with Gasteiger partial charge in [-0.1, -0.05) is 0 Å². The minimum Gasteiger partial charge on any atom is -0.481 e. The van der Waals surface area contributed by atoms with Gasteiger partial charge in [0.05, 0.1) is 6.42 Å². The quantitative estimate of drug-likeness (QED) is 0.786. The first-order valence-electron chi connectivity index (χ1n) is 6.86. The van der Waals surface area contributed by atoms with Crippen LogP contribution in [0.4, 0.5) is 4.79 Å². The number of hydrogen-bond acceptors (Lipinski definition) is 3. The highest BCUT2D eigenvalue weighted by molar-refractivity contribution is 7.99. The second kappa shape index (κ2) is 8.30. The van der Waals surface area contributed by atoms with E-state index < -0.39 is 5.97 Å². The van der Waals surface area contributed by atoms with Crippen LogP contribution < -0.4 is 5.32 Å². The minimum atomic E-state index is -0.869. The second-order valence-electron chi connectivity index (χ2n) is 4.88. The van der Waals surface area contributed by atoms with Crippen molar-refractivity contribution in [2.45, 2.75) is 50.3 Å². The summed E-state index contributed by atoms with van der Waals surface area (Å²) in [6.07, 6.45) is 6.47. The summed E-state index contributed by atoms with van der Waals surface area (Å²) in [6, 6.07) is 0.117. The van der Waals surface area contributed by atoms with Crippen LogP contribution >= 0.6 is 11.8 Å². The van der Waals surface area contributed by atoms with E-state index in [-0.39, 0.29) is 25.0 Å². The third-order valence-electron chi connectivity index (χ3n) is 3.60. The van der Waals surface area contributed by atoms with E-state index in [1.54, 1.807) is 4.90 Å². The molecule has 19 heavy (non-hydrogen) atoms. The van der Waals surface area contributed by atoms with Crippen LogP contribution in [-0.2, 0) is 4.79 Å². The van der Waals surface area contributed by atoms with Crippen LogP contribution in [0.2, 0.25) is 0 Å². The van der Waals surface area contributed by atoms with Gasteiger partial charge in [0.2, 0.25) is 0 Å². The molecule has 0 aromatic heterocycles. The number of carboxylic acids is 1. The average molecular weight is 288 g/mol. The molecule has 1 aliphatic carbocycles. The first kappa shape index (κ1) is 16.1. The van der Waals surface area contributed by atoms with Crippen molar-refractivity contribution in [3.8, 4) is 0 Å². The van der Waals surface area contributed by atoms with Crippen LogP contribution in [0.15, 0.2) is 0 Å². The molecule has 0 aromatic rings. The van der Waals surface area contributed by atoms with Crippen molar-refractivity contribution >= 4 is 23.8 Å². The Morgan fingerprint density at radius 2 is 1.95 bits per heavy atom. The number of aliphatic carboxylic acids is 1. The fourth-order valence-electron chi connectivity index (χ4n) is 2.34. The van der Waals surface area contributed by atoms with Crippen LogP contribution in [0.1, 0.15) is 39.0 Å². The molecular weight excluding hydrogens is 264 g/mol. The molecule has 0 spiro atoms. The fourth-order valence-corrected chi connectivity index (χ4v) is 3.09. The van der Waals surface area contributed by atoms with E-state index in [1.165, 1.54) is 0 Å². The Morgan fingerprint density at radius 1 is 1.32 bits per heavy atom. The molecule has 6 heteroatoms. The van der Waals surface area contributed by atoms with Gasteiger partial charge < -0.3 is 15.3 Å². The largest absolute Gasteiger partial charge is 0.481 e. The van der Waals surface area contributed by atoms with Crippen molar-refractivity contribution in [1.29, 1.82) is 0 Å². The Labute approximate surface area is 119 Å². The van der Waals surface area contributed by atoms with Gasteiger partial charge in [0.25, 0.3) is 0 Å². The van der Waals surface area contributed by atoms with Gasteiger partial charge in [0, 0.05) is 24.4 Å². The number of nitrogens with one attached hydrogen (secondary N) is 1. The summed E-state index contributed by atoms with van der Waals surface area (Å²) in [5.41, 5.74) is 0. The summed E-state index contributed by atoms with van der Waals surface area (Å²) in [5.74, 6) is -0.869. The lowest BCUT2D eigenvalue weighted by atomic mass is 9.95. The second-order valence-corrected chi connectivity index (χ2v) is 6.02. The van der Waals surface area contributed by atoms with E-state index in [0.29, 0.717) is 6.54 Å². The third-order valence-corrected chi connectivity index (χ3v) is 4.74. The summed E-state index contributed by atoms with van der Waals surface area (Å²) in [4.78, 5) is 24.1. The zero-order chi connectivity index (χ0) is 14.3. The number of thioether (sulfide) groups is 1. The number of carbonyl (C=O) groups is 2. The highest BCUT2D eigenvalue weighted by Gasteiger charge is 2.23. The molecule has 0 aromatic carbocycles. The van der Waals surface area contributed by atoms with E-state index in [4.69, 9.17) is 5.11 Å². The molecule has 2 N–H and O–H groups in total. The number of carbonyl (C=O) groups excluding carboxylic acids is 1. The molecular formula is C13H24N2O3S. The highest BCUT2D eigenvalue weighted by atomic mass is 32.2. The van der Waals surface area contributed by atoms with Gasteiger partial charge in [-0.2, -0.15) is 11.8 Å². The lowest BCUT2D eigenvalue weighted by Crippen LogP contribution is -2.46. The Bertz CT molecular complexity index is 304. The molecule has 1 saturated carbocycles. The third kappa shape index (κ3) is 5.72. The Kier molecular flexibility index (Phi) is 7.05. The van der Waals surface area contributed by atoms with Gasteiger partial charge in [0.1, 0.15) is 0 Å². The molecule has 5 nitrogen and oxygen atoms in total. The van der Waals surface area contributed by atoms with Crippen molar-refractivity contribution in [2.75, 3.05) is 19.3 Å². The summed E-state index contributed by atoms with van der Waals surface area (Å²) in [6.45, 7) is 2.68. The van der Waals surface area contributed by atoms with Crippen molar-refractivity contribution in [3.05, 3.63) is 0 Å². The zero-order valence-corrected chi connectivity index (χ0v) is 12.5. The van der Waals surface area contributed by atoms with E-state index in [1.807, 2.05) is 18.7 Å². The maximum Gasteiger partial charge on any atom is 0.317 e. The van der Waals surface area contributed by atoms with Gasteiger partial charge in [-0.15, -0.1) is 0 Å². The molecule has 0 radical (unpaired) electrons. The summed E-state index contributed by atoms with van der Waals surface area (Å²) in [7, 11) is 0. The predicted octanol–water partition coefficient (Wildman–Crippen LogP) is 2.17. The monoisotopic (exact) mass is 288 g/mol. The molecule has 0 aliphatic heterocycles. The predicted molar refractivity (Wildman–Crippen MR) is 77.6 cm³/mol. The molecule has 1 aliphatic rings.